The Labute approximate surface area is 127 Å². The van der Waals surface area contributed by atoms with Crippen molar-refractivity contribution < 1.29 is 22.1 Å². The van der Waals surface area contributed by atoms with E-state index in [0.29, 0.717) is 24.3 Å². The molecule has 1 unspecified atom stereocenters. The van der Waals surface area contributed by atoms with Crippen molar-refractivity contribution in [1.29, 1.82) is 0 Å². The number of nitrogens with zero attached hydrogens (tertiary/aromatic N) is 1. The monoisotopic (exact) mass is 326 g/mol. The highest BCUT2D eigenvalue weighted by atomic mass is 32.2. The second-order valence-corrected chi connectivity index (χ2v) is 6.80. The summed E-state index contributed by atoms with van der Waals surface area (Å²) in [6.45, 7) is 3.45. The predicted molar refractivity (Wildman–Crippen MR) is 75.6 cm³/mol. The minimum atomic E-state index is -3.82. The summed E-state index contributed by atoms with van der Waals surface area (Å²) in [5, 5.41) is 3.66. The second-order valence-electron chi connectivity index (χ2n) is 5.15. The molecule has 1 aromatic heterocycles. The molecular weight excluding hydrogens is 311 g/mol. The normalized spacial score (nSPS) is 17.9. The Kier molecular flexibility index (Phi) is 3.65. The van der Waals surface area contributed by atoms with Gasteiger partial charge in [0.2, 0.25) is 10.0 Å². The van der Waals surface area contributed by atoms with E-state index in [0.717, 1.165) is 0 Å². The van der Waals surface area contributed by atoms with Crippen molar-refractivity contribution in [2.45, 2.75) is 31.2 Å². The minimum Gasteiger partial charge on any atom is -0.493 e. The topological polar surface area (TPSA) is 81.4 Å². The molecule has 0 amide bonds. The summed E-state index contributed by atoms with van der Waals surface area (Å²) in [4.78, 5) is 0.0249. The van der Waals surface area contributed by atoms with Crippen LogP contribution in [0.1, 0.15) is 29.5 Å². The lowest BCUT2D eigenvalue weighted by Gasteiger charge is -2.26. The molecule has 22 heavy (non-hydrogen) atoms. The highest BCUT2D eigenvalue weighted by molar-refractivity contribution is 7.89. The Hall–Kier alpha value is -1.93. The van der Waals surface area contributed by atoms with E-state index in [1.54, 1.807) is 6.92 Å². The fourth-order valence-corrected chi connectivity index (χ4v) is 4.17. The molecule has 2 aromatic rings. The average molecular weight is 326 g/mol. The molecule has 3 rings (SSSR count). The van der Waals surface area contributed by atoms with Crippen LogP contribution in [-0.2, 0) is 10.0 Å². The maximum atomic E-state index is 13.4. The SMILES string of the molecule is Cc1noc(C)c1S(=O)(=O)NC1CCOc2ccc(F)cc21. The van der Waals surface area contributed by atoms with Gasteiger partial charge in [0.1, 0.15) is 22.2 Å². The van der Waals surface area contributed by atoms with Crippen molar-refractivity contribution in [1.82, 2.24) is 9.88 Å². The maximum Gasteiger partial charge on any atom is 0.246 e. The summed E-state index contributed by atoms with van der Waals surface area (Å²) in [5.41, 5.74) is 0.776. The van der Waals surface area contributed by atoms with Crippen LogP contribution in [0.15, 0.2) is 27.6 Å². The van der Waals surface area contributed by atoms with E-state index in [1.807, 2.05) is 0 Å². The third-order valence-electron chi connectivity index (χ3n) is 3.55. The zero-order valence-corrected chi connectivity index (χ0v) is 12.9. The first kappa shape index (κ1) is 15.0. The zero-order valence-electron chi connectivity index (χ0n) is 12.1. The van der Waals surface area contributed by atoms with Crippen LogP contribution in [0.4, 0.5) is 4.39 Å². The van der Waals surface area contributed by atoms with Crippen molar-refractivity contribution in [2.24, 2.45) is 0 Å². The number of nitrogens with one attached hydrogen (secondary N) is 1. The lowest BCUT2D eigenvalue weighted by molar-refractivity contribution is 0.262. The highest BCUT2D eigenvalue weighted by Gasteiger charge is 2.30. The molecule has 6 nitrogen and oxygen atoms in total. The maximum absolute atomic E-state index is 13.4. The molecule has 1 aliphatic rings. The van der Waals surface area contributed by atoms with E-state index < -0.39 is 21.9 Å². The van der Waals surface area contributed by atoms with Crippen molar-refractivity contribution in [3.63, 3.8) is 0 Å². The number of hydrogen-bond donors (Lipinski definition) is 1. The van der Waals surface area contributed by atoms with Gasteiger partial charge in [-0.15, -0.1) is 0 Å². The number of ether oxygens (including phenoxy) is 1. The first-order valence-electron chi connectivity index (χ1n) is 6.76. The van der Waals surface area contributed by atoms with Gasteiger partial charge in [-0.3, -0.25) is 0 Å². The number of aryl methyl sites for hydroxylation is 2. The summed E-state index contributed by atoms with van der Waals surface area (Å²) < 4.78 is 51.5. The predicted octanol–water partition coefficient (Wildman–Crippen LogP) is 2.23. The van der Waals surface area contributed by atoms with Gasteiger partial charge < -0.3 is 9.26 Å². The second kappa shape index (κ2) is 5.36. The molecule has 8 heteroatoms. The Balaban J connectivity index is 1.96. The number of halogens is 1. The largest absolute Gasteiger partial charge is 0.493 e. The van der Waals surface area contributed by atoms with Gasteiger partial charge in [0.25, 0.3) is 0 Å². The van der Waals surface area contributed by atoms with Crippen molar-refractivity contribution >= 4 is 10.0 Å². The van der Waals surface area contributed by atoms with Crippen LogP contribution < -0.4 is 9.46 Å². The number of aromatic nitrogens is 1. The quantitative estimate of drug-likeness (QED) is 0.935. The number of benzene rings is 1. The van der Waals surface area contributed by atoms with Gasteiger partial charge >= 0.3 is 0 Å². The van der Waals surface area contributed by atoms with E-state index >= 15 is 0 Å². The minimum absolute atomic E-state index is 0.0249. The summed E-state index contributed by atoms with van der Waals surface area (Å²) in [6.07, 6.45) is 0.416. The molecule has 0 bridgehead atoms. The molecular formula is C14H15FN2O4S. The van der Waals surface area contributed by atoms with Gasteiger partial charge in [-0.25, -0.2) is 17.5 Å². The molecule has 0 aliphatic carbocycles. The number of fused-ring (bicyclic) bond motifs is 1. The lowest BCUT2D eigenvalue weighted by Crippen LogP contribution is -2.32. The third-order valence-corrected chi connectivity index (χ3v) is 5.26. The van der Waals surface area contributed by atoms with Crippen LogP contribution in [0.3, 0.4) is 0 Å². The summed E-state index contributed by atoms with van der Waals surface area (Å²) >= 11 is 0. The number of rotatable bonds is 3. The molecule has 0 saturated carbocycles. The Morgan fingerprint density at radius 3 is 2.82 bits per heavy atom. The zero-order chi connectivity index (χ0) is 15.9. The third kappa shape index (κ3) is 2.59. The van der Waals surface area contributed by atoms with Gasteiger partial charge in [-0.2, -0.15) is 0 Å². The van der Waals surface area contributed by atoms with Crippen LogP contribution in [0.25, 0.3) is 0 Å². The fraction of sp³-hybridized carbons (Fsp3) is 0.357. The Morgan fingerprint density at radius 1 is 1.36 bits per heavy atom. The van der Waals surface area contributed by atoms with E-state index in [4.69, 9.17) is 9.26 Å². The van der Waals surface area contributed by atoms with Gasteiger partial charge in [0, 0.05) is 12.0 Å². The molecule has 0 radical (unpaired) electrons. The molecule has 0 spiro atoms. The average Bonchev–Trinajstić information content (AvgIpc) is 2.79. The first-order chi connectivity index (χ1) is 10.4. The molecule has 1 N–H and O–H groups in total. The Morgan fingerprint density at radius 2 is 2.14 bits per heavy atom. The molecule has 1 aliphatic heterocycles. The van der Waals surface area contributed by atoms with Crippen LogP contribution in [0.5, 0.6) is 5.75 Å². The molecule has 118 valence electrons. The number of hydrogen-bond acceptors (Lipinski definition) is 5. The molecule has 0 fully saturated rings. The van der Waals surface area contributed by atoms with E-state index in [2.05, 4.69) is 9.88 Å². The van der Waals surface area contributed by atoms with Gasteiger partial charge in [0.05, 0.1) is 12.6 Å². The van der Waals surface area contributed by atoms with Crippen LogP contribution in [0.2, 0.25) is 0 Å². The summed E-state index contributed by atoms with van der Waals surface area (Å²) in [5.74, 6) is 0.265. The number of sulfonamides is 1. The Bertz CT molecular complexity index is 797. The summed E-state index contributed by atoms with van der Waals surface area (Å²) in [6, 6.07) is 3.51. The van der Waals surface area contributed by atoms with Gasteiger partial charge in [-0.1, -0.05) is 5.16 Å². The lowest BCUT2D eigenvalue weighted by atomic mass is 10.0. The van der Waals surface area contributed by atoms with Gasteiger partial charge in [-0.05, 0) is 32.0 Å². The summed E-state index contributed by atoms with van der Waals surface area (Å²) in [7, 11) is -3.82. The van der Waals surface area contributed by atoms with Crippen molar-refractivity contribution in [3.8, 4) is 5.75 Å². The van der Waals surface area contributed by atoms with Crippen LogP contribution in [0, 0.1) is 19.7 Å². The standard InChI is InChI=1S/C14H15FN2O4S/c1-8-14(9(2)21-16-8)22(18,19)17-12-5-6-20-13-4-3-10(15)7-11(12)13/h3-4,7,12,17H,5-6H2,1-2H3. The first-order valence-corrected chi connectivity index (χ1v) is 8.24. The van der Waals surface area contributed by atoms with Gasteiger partial charge in [0.15, 0.2) is 5.76 Å². The molecule has 1 aromatic carbocycles. The molecule has 0 saturated heterocycles. The molecule has 2 heterocycles. The van der Waals surface area contributed by atoms with Crippen LogP contribution >= 0.6 is 0 Å². The van der Waals surface area contributed by atoms with Crippen LogP contribution in [-0.4, -0.2) is 20.2 Å². The highest BCUT2D eigenvalue weighted by Crippen LogP contribution is 2.34. The van der Waals surface area contributed by atoms with Crippen molar-refractivity contribution in [3.05, 3.63) is 41.0 Å². The van der Waals surface area contributed by atoms with E-state index in [1.165, 1.54) is 25.1 Å². The van der Waals surface area contributed by atoms with Crippen molar-refractivity contribution in [2.75, 3.05) is 6.61 Å². The van der Waals surface area contributed by atoms with E-state index in [-0.39, 0.29) is 16.3 Å². The molecule has 1 atom stereocenters. The van der Waals surface area contributed by atoms with E-state index in [9.17, 15) is 12.8 Å². The smallest absolute Gasteiger partial charge is 0.246 e. The fourth-order valence-electron chi connectivity index (χ4n) is 2.59.